The van der Waals surface area contributed by atoms with Gasteiger partial charge < -0.3 is 9.72 Å². The van der Waals surface area contributed by atoms with Crippen LogP contribution in [0, 0.1) is 6.92 Å². The zero-order valence-electron chi connectivity index (χ0n) is 13.5. The normalized spacial score (nSPS) is 10.8. The first kappa shape index (κ1) is 17.4. The number of aryl methyl sites for hydroxylation is 1. The minimum Gasteiger partial charge on any atom is -0.457 e. The van der Waals surface area contributed by atoms with Gasteiger partial charge in [-0.05, 0) is 30.2 Å². The Kier molecular flexibility index (Phi) is 5.01. The maximum Gasteiger partial charge on any atom is 0.348 e. The van der Waals surface area contributed by atoms with Gasteiger partial charge in [-0.1, -0.05) is 36.4 Å². The summed E-state index contributed by atoms with van der Waals surface area (Å²) in [5.74, 6) is 0.0446. The smallest absolute Gasteiger partial charge is 0.348 e. The quantitative estimate of drug-likeness (QED) is 0.543. The standard InChI is InChI=1S/C18H15ClN2O3S/c1-3-7-24-18(23)15-10(2)14-16(22)20-13(21-17(14)25-15)9-11-5-4-6-12(19)8-11/h3-6,8H,1,7,9H2,2H3,(H,20,21,22). The first-order chi connectivity index (χ1) is 12.0. The molecule has 0 aliphatic rings. The molecule has 0 amide bonds. The van der Waals surface area contributed by atoms with E-state index in [0.717, 1.165) is 16.9 Å². The predicted octanol–water partition coefficient (Wildman–Crippen LogP) is 3.88. The average molecular weight is 375 g/mol. The summed E-state index contributed by atoms with van der Waals surface area (Å²) in [5.41, 5.74) is 1.25. The van der Waals surface area contributed by atoms with Crippen LogP contribution in [0.3, 0.4) is 0 Å². The molecule has 0 saturated carbocycles. The second kappa shape index (κ2) is 7.21. The Morgan fingerprint density at radius 2 is 2.28 bits per heavy atom. The average Bonchev–Trinajstić information content (AvgIpc) is 2.90. The molecule has 0 saturated heterocycles. The summed E-state index contributed by atoms with van der Waals surface area (Å²) in [6, 6.07) is 7.36. The molecule has 3 rings (SSSR count). The molecule has 25 heavy (non-hydrogen) atoms. The van der Waals surface area contributed by atoms with E-state index in [2.05, 4.69) is 16.5 Å². The Bertz CT molecular complexity index is 1020. The van der Waals surface area contributed by atoms with E-state index in [1.807, 2.05) is 18.2 Å². The lowest BCUT2D eigenvalue weighted by Crippen LogP contribution is -2.12. The van der Waals surface area contributed by atoms with Crippen LogP contribution in [0.5, 0.6) is 0 Å². The lowest BCUT2D eigenvalue weighted by Gasteiger charge is -2.02. The predicted molar refractivity (Wildman–Crippen MR) is 99.7 cm³/mol. The lowest BCUT2D eigenvalue weighted by molar-refractivity contribution is 0.0555. The summed E-state index contributed by atoms with van der Waals surface area (Å²) in [6.07, 6.45) is 1.94. The highest BCUT2D eigenvalue weighted by molar-refractivity contribution is 7.20. The number of nitrogens with zero attached hydrogens (tertiary/aromatic N) is 1. The third-order valence-electron chi connectivity index (χ3n) is 3.63. The Labute approximate surface area is 152 Å². The van der Waals surface area contributed by atoms with Gasteiger partial charge in [-0.25, -0.2) is 9.78 Å². The maximum absolute atomic E-state index is 12.4. The number of aromatic amines is 1. The van der Waals surface area contributed by atoms with Crippen molar-refractivity contribution in [2.24, 2.45) is 0 Å². The number of esters is 1. The van der Waals surface area contributed by atoms with Gasteiger partial charge in [0, 0.05) is 11.4 Å². The summed E-state index contributed by atoms with van der Waals surface area (Å²) in [5, 5.41) is 1.05. The van der Waals surface area contributed by atoms with E-state index in [4.69, 9.17) is 16.3 Å². The number of carbonyl (C=O) groups excluding carboxylic acids is 1. The van der Waals surface area contributed by atoms with E-state index in [1.54, 1.807) is 13.0 Å². The number of halogens is 1. The molecular formula is C18H15ClN2O3S. The van der Waals surface area contributed by atoms with Crippen LogP contribution in [0.15, 0.2) is 41.7 Å². The van der Waals surface area contributed by atoms with Crippen LogP contribution in [0.25, 0.3) is 10.2 Å². The highest BCUT2D eigenvalue weighted by Crippen LogP contribution is 2.28. The second-order valence-electron chi connectivity index (χ2n) is 5.44. The van der Waals surface area contributed by atoms with Crippen LogP contribution in [-0.2, 0) is 11.2 Å². The SMILES string of the molecule is C=CCOC(=O)c1sc2nc(Cc3cccc(Cl)c3)[nH]c(=O)c2c1C. The summed E-state index contributed by atoms with van der Waals surface area (Å²) in [7, 11) is 0. The van der Waals surface area contributed by atoms with Gasteiger partial charge in [-0.2, -0.15) is 0 Å². The van der Waals surface area contributed by atoms with Crippen molar-refractivity contribution in [3.63, 3.8) is 0 Å². The molecule has 1 aromatic carbocycles. The highest BCUT2D eigenvalue weighted by Gasteiger charge is 2.20. The van der Waals surface area contributed by atoms with E-state index in [1.165, 1.54) is 6.08 Å². The van der Waals surface area contributed by atoms with Gasteiger partial charge in [-0.3, -0.25) is 4.79 Å². The molecule has 128 valence electrons. The molecule has 3 aromatic rings. The number of carbonyl (C=O) groups is 1. The number of fused-ring (bicyclic) bond motifs is 1. The van der Waals surface area contributed by atoms with Gasteiger partial charge in [0.15, 0.2) is 0 Å². The van der Waals surface area contributed by atoms with E-state index in [0.29, 0.717) is 37.9 Å². The molecule has 0 radical (unpaired) electrons. The number of ether oxygens (including phenoxy) is 1. The number of aromatic nitrogens is 2. The zero-order valence-corrected chi connectivity index (χ0v) is 15.0. The summed E-state index contributed by atoms with van der Waals surface area (Å²) in [6.45, 7) is 5.35. The van der Waals surface area contributed by atoms with Crippen molar-refractivity contribution in [3.8, 4) is 0 Å². The highest BCUT2D eigenvalue weighted by atomic mass is 35.5. The largest absolute Gasteiger partial charge is 0.457 e. The molecule has 0 fully saturated rings. The molecule has 2 heterocycles. The topological polar surface area (TPSA) is 72.0 Å². The first-order valence-electron chi connectivity index (χ1n) is 7.54. The van der Waals surface area contributed by atoms with Crippen LogP contribution >= 0.6 is 22.9 Å². The molecule has 0 spiro atoms. The molecule has 0 atom stereocenters. The van der Waals surface area contributed by atoms with Gasteiger partial charge >= 0.3 is 5.97 Å². The summed E-state index contributed by atoms with van der Waals surface area (Å²) >= 11 is 7.15. The third-order valence-corrected chi connectivity index (χ3v) is 5.03. The fourth-order valence-electron chi connectivity index (χ4n) is 2.51. The molecule has 0 aliphatic carbocycles. The van der Waals surface area contributed by atoms with Crippen molar-refractivity contribution in [1.29, 1.82) is 0 Å². The molecule has 0 bridgehead atoms. The van der Waals surface area contributed by atoms with Gasteiger partial charge in [0.25, 0.3) is 5.56 Å². The number of rotatable bonds is 5. The maximum atomic E-state index is 12.4. The Hall–Kier alpha value is -2.44. The number of thiophene rings is 1. The minimum absolute atomic E-state index is 0.121. The fourth-order valence-corrected chi connectivity index (χ4v) is 3.81. The van der Waals surface area contributed by atoms with Crippen molar-refractivity contribution in [2.45, 2.75) is 13.3 Å². The Balaban J connectivity index is 2.00. The van der Waals surface area contributed by atoms with Crippen molar-refractivity contribution < 1.29 is 9.53 Å². The van der Waals surface area contributed by atoms with Crippen LogP contribution in [0.4, 0.5) is 0 Å². The van der Waals surface area contributed by atoms with Gasteiger partial charge in [0.2, 0.25) is 0 Å². The molecule has 2 aromatic heterocycles. The molecule has 5 nitrogen and oxygen atoms in total. The van der Waals surface area contributed by atoms with Crippen molar-refractivity contribution >= 4 is 39.1 Å². The molecule has 0 aliphatic heterocycles. The van der Waals surface area contributed by atoms with E-state index >= 15 is 0 Å². The van der Waals surface area contributed by atoms with E-state index in [-0.39, 0.29) is 12.2 Å². The van der Waals surface area contributed by atoms with Crippen LogP contribution in [0.2, 0.25) is 5.02 Å². The molecule has 0 unspecified atom stereocenters. The summed E-state index contributed by atoms with van der Waals surface area (Å²) in [4.78, 5) is 32.7. The Morgan fingerprint density at radius 1 is 1.48 bits per heavy atom. The number of hydrogen-bond donors (Lipinski definition) is 1. The first-order valence-corrected chi connectivity index (χ1v) is 8.73. The molecule has 1 N–H and O–H groups in total. The minimum atomic E-state index is -0.476. The zero-order chi connectivity index (χ0) is 18.0. The molecular weight excluding hydrogens is 360 g/mol. The van der Waals surface area contributed by atoms with E-state index < -0.39 is 5.97 Å². The fraction of sp³-hybridized carbons (Fsp3) is 0.167. The van der Waals surface area contributed by atoms with Crippen LogP contribution in [-0.4, -0.2) is 22.5 Å². The van der Waals surface area contributed by atoms with Crippen LogP contribution in [0.1, 0.15) is 26.6 Å². The lowest BCUT2D eigenvalue weighted by atomic mass is 10.1. The van der Waals surface area contributed by atoms with Gasteiger partial charge in [0.05, 0.1) is 5.39 Å². The number of H-pyrrole nitrogens is 1. The number of nitrogens with one attached hydrogen (secondary N) is 1. The van der Waals surface area contributed by atoms with Gasteiger partial charge in [-0.15, -0.1) is 11.3 Å². The van der Waals surface area contributed by atoms with Crippen LogP contribution < -0.4 is 5.56 Å². The van der Waals surface area contributed by atoms with Crippen molar-refractivity contribution in [1.82, 2.24) is 9.97 Å². The Morgan fingerprint density at radius 3 is 3.00 bits per heavy atom. The van der Waals surface area contributed by atoms with Crippen molar-refractivity contribution in [3.05, 3.63) is 74.1 Å². The number of hydrogen-bond acceptors (Lipinski definition) is 5. The third kappa shape index (κ3) is 3.65. The second-order valence-corrected chi connectivity index (χ2v) is 6.88. The number of benzene rings is 1. The van der Waals surface area contributed by atoms with E-state index in [9.17, 15) is 9.59 Å². The van der Waals surface area contributed by atoms with Crippen molar-refractivity contribution in [2.75, 3.05) is 6.61 Å². The molecule has 7 heteroatoms. The summed E-state index contributed by atoms with van der Waals surface area (Å²) < 4.78 is 5.07. The monoisotopic (exact) mass is 374 g/mol. The van der Waals surface area contributed by atoms with Gasteiger partial charge in [0.1, 0.15) is 22.1 Å².